The average molecular weight is 264 g/mol. The van der Waals surface area contributed by atoms with Crippen molar-refractivity contribution in [2.75, 3.05) is 24.5 Å². The Bertz CT molecular complexity index is 419. The first kappa shape index (κ1) is 14.3. The van der Waals surface area contributed by atoms with Gasteiger partial charge in [0.25, 0.3) is 0 Å². The predicted octanol–water partition coefficient (Wildman–Crippen LogP) is 3.35. The van der Waals surface area contributed by atoms with Crippen molar-refractivity contribution >= 4 is 5.69 Å². The van der Waals surface area contributed by atoms with E-state index in [9.17, 15) is 4.39 Å². The molecular formula is C16H25FN2. The van der Waals surface area contributed by atoms with E-state index in [1.165, 1.54) is 0 Å². The van der Waals surface area contributed by atoms with E-state index in [0.717, 1.165) is 43.7 Å². The molecule has 0 radical (unpaired) electrons. The lowest BCUT2D eigenvalue weighted by atomic mass is 9.99. The van der Waals surface area contributed by atoms with Gasteiger partial charge in [-0.1, -0.05) is 26.3 Å². The molecule has 2 nitrogen and oxygen atoms in total. The summed E-state index contributed by atoms with van der Waals surface area (Å²) in [6.07, 6.45) is 2.22. The summed E-state index contributed by atoms with van der Waals surface area (Å²) in [5.41, 5.74) is 1.73. The van der Waals surface area contributed by atoms with Crippen molar-refractivity contribution < 1.29 is 4.39 Å². The van der Waals surface area contributed by atoms with Crippen LogP contribution in [0.1, 0.15) is 32.3 Å². The second kappa shape index (κ2) is 6.38. The number of hydrogen-bond donors (Lipinski definition) is 1. The fourth-order valence-corrected chi connectivity index (χ4v) is 2.70. The van der Waals surface area contributed by atoms with Gasteiger partial charge in [-0.25, -0.2) is 4.39 Å². The molecule has 0 aliphatic carbocycles. The molecule has 1 aromatic rings. The molecule has 2 unspecified atom stereocenters. The van der Waals surface area contributed by atoms with Gasteiger partial charge >= 0.3 is 0 Å². The van der Waals surface area contributed by atoms with E-state index >= 15 is 0 Å². The first-order chi connectivity index (χ1) is 9.11. The molecule has 1 aliphatic rings. The van der Waals surface area contributed by atoms with Gasteiger partial charge in [0.2, 0.25) is 0 Å². The smallest absolute Gasteiger partial charge is 0.146 e. The largest absolute Gasteiger partial charge is 0.368 e. The lowest BCUT2D eigenvalue weighted by molar-refractivity contribution is 0.383. The maximum absolute atomic E-state index is 14.1. The molecule has 0 spiro atoms. The molecule has 0 bridgehead atoms. The van der Waals surface area contributed by atoms with Gasteiger partial charge in [0.15, 0.2) is 0 Å². The minimum absolute atomic E-state index is 0.0928. The zero-order chi connectivity index (χ0) is 13.8. The average Bonchev–Trinajstić information content (AvgIpc) is 2.63. The summed E-state index contributed by atoms with van der Waals surface area (Å²) in [7, 11) is 0. The van der Waals surface area contributed by atoms with E-state index in [0.29, 0.717) is 12.0 Å². The fourth-order valence-electron chi connectivity index (χ4n) is 2.70. The Morgan fingerprint density at radius 2 is 2.26 bits per heavy atom. The van der Waals surface area contributed by atoms with Crippen molar-refractivity contribution in [2.24, 2.45) is 5.92 Å². The SMILES string of the molecule is CCC(C)C1CN(c2ccc(C)cc2F)CCCN1. The van der Waals surface area contributed by atoms with Crippen LogP contribution in [0.15, 0.2) is 18.2 Å². The standard InChI is InChI=1S/C16H25FN2/c1-4-13(3)15-11-19(9-5-8-18-15)16-7-6-12(2)10-14(16)17/h6-7,10,13,15,18H,4-5,8-9,11H2,1-3H3. The van der Waals surface area contributed by atoms with Crippen LogP contribution >= 0.6 is 0 Å². The minimum atomic E-state index is -0.0928. The van der Waals surface area contributed by atoms with E-state index in [-0.39, 0.29) is 5.82 Å². The van der Waals surface area contributed by atoms with Crippen LogP contribution in [0.4, 0.5) is 10.1 Å². The monoisotopic (exact) mass is 264 g/mol. The molecule has 0 saturated carbocycles. The molecule has 19 heavy (non-hydrogen) atoms. The maximum Gasteiger partial charge on any atom is 0.146 e. The van der Waals surface area contributed by atoms with Gasteiger partial charge in [-0.15, -0.1) is 0 Å². The second-order valence-corrected chi connectivity index (χ2v) is 5.70. The van der Waals surface area contributed by atoms with E-state index in [4.69, 9.17) is 0 Å². The van der Waals surface area contributed by atoms with Crippen LogP contribution in [-0.4, -0.2) is 25.7 Å². The molecule has 0 aromatic heterocycles. The number of aryl methyl sites for hydroxylation is 1. The highest BCUT2D eigenvalue weighted by atomic mass is 19.1. The number of anilines is 1. The van der Waals surface area contributed by atoms with E-state index < -0.39 is 0 Å². The summed E-state index contributed by atoms with van der Waals surface area (Å²) in [4.78, 5) is 2.20. The van der Waals surface area contributed by atoms with Gasteiger partial charge < -0.3 is 10.2 Å². The summed E-state index contributed by atoms with van der Waals surface area (Å²) in [6, 6.07) is 6.00. The molecule has 2 atom stereocenters. The third kappa shape index (κ3) is 3.47. The third-order valence-electron chi connectivity index (χ3n) is 4.20. The molecule has 2 rings (SSSR count). The third-order valence-corrected chi connectivity index (χ3v) is 4.20. The van der Waals surface area contributed by atoms with Gasteiger partial charge in [-0.2, -0.15) is 0 Å². The van der Waals surface area contributed by atoms with E-state index in [1.807, 2.05) is 19.1 Å². The van der Waals surface area contributed by atoms with Crippen LogP contribution < -0.4 is 10.2 Å². The molecule has 1 aliphatic heterocycles. The van der Waals surface area contributed by atoms with Crippen molar-refractivity contribution in [3.8, 4) is 0 Å². The summed E-state index contributed by atoms with van der Waals surface area (Å²) in [5.74, 6) is 0.527. The highest BCUT2D eigenvalue weighted by Crippen LogP contribution is 2.23. The molecule has 1 aromatic carbocycles. The molecule has 1 N–H and O–H groups in total. The van der Waals surface area contributed by atoms with Gasteiger partial charge in [0.1, 0.15) is 5.82 Å². The van der Waals surface area contributed by atoms with E-state index in [1.54, 1.807) is 6.07 Å². The molecule has 1 fully saturated rings. The maximum atomic E-state index is 14.1. The molecule has 106 valence electrons. The summed E-state index contributed by atoms with van der Waals surface area (Å²) < 4.78 is 14.1. The van der Waals surface area contributed by atoms with Crippen LogP contribution in [0.3, 0.4) is 0 Å². The van der Waals surface area contributed by atoms with Crippen LogP contribution in [0.2, 0.25) is 0 Å². The summed E-state index contributed by atoms with van der Waals surface area (Å²) in [6.45, 7) is 9.27. The van der Waals surface area contributed by atoms with Crippen molar-refractivity contribution in [3.63, 3.8) is 0 Å². The number of nitrogens with one attached hydrogen (secondary N) is 1. The van der Waals surface area contributed by atoms with Crippen molar-refractivity contribution in [2.45, 2.75) is 39.7 Å². The lowest BCUT2D eigenvalue weighted by Gasteiger charge is -2.29. The molecule has 1 heterocycles. The van der Waals surface area contributed by atoms with E-state index in [2.05, 4.69) is 24.1 Å². The van der Waals surface area contributed by atoms with Crippen LogP contribution in [0.5, 0.6) is 0 Å². The van der Waals surface area contributed by atoms with Crippen molar-refractivity contribution in [3.05, 3.63) is 29.6 Å². The fraction of sp³-hybridized carbons (Fsp3) is 0.625. The summed E-state index contributed by atoms with van der Waals surface area (Å²) >= 11 is 0. The van der Waals surface area contributed by atoms with Gasteiger partial charge in [0, 0.05) is 19.1 Å². The first-order valence-corrected chi connectivity index (χ1v) is 7.36. The Morgan fingerprint density at radius 1 is 1.47 bits per heavy atom. The number of rotatable bonds is 3. The van der Waals surface area contributed by atoms with Crippen LogP contribution in [-0.2, 0) is 0 Å². The first-order valence-electron chi connectivity index (χ1n) is 7.36. The molecular weight excluding hydrogens is 239 g/mol. The molecule has 0 amide bonds. The van der Waals surface area contributed by atoms with Crippen LogP contribution in [0.25, 0.3) is 0 Å². The number of halogens is 1. The second-order valence-electron chi connectivity index (χ2n) is 5.70. The molecule has 1 saturated heterocycles. The Morgan fingerprint density at radius 3 is 2.95 bits per heavy atom. The predicted molar refractivity (Wildman–Crippen MR) is 79.2 cm³/mol. The quantitative estimate of drug-likeness (QED) is 0.900. The molecule has 3 heteroatoms. The lowest BCUT2D eigenvalue weighted by Crippen LogP contribution is -2.42. The Balaban J connectivity index is 2.17. The normalized spacial score (nSPS) is 22.1. The zero-order valence-electron chi connectivity index (χ0n) is 12.2. The Kier molecular flexibility index (Phi) is 4.81. The van der Waals surface area contributed by atoms with Crippen molar-refractivity contribution in [1.82, 2.24) is 5.32 Å². The number of hydrogen-bond acceptors (Lipinski definition) is 2. The number of nitrogens with zero attached hydrogens (tertiary/aromatic N) is 1. The Hall–Kier alpha value is -1.09. The van der Waals surface area contributed by atoms with Crippen LogP contribution in [0, 0.1) is 18.7 Å². The highest BCUT2D eigenvalue weighted by molar-refractivity contribution is 5.49. The zero-order valence-corrected chi connectivity index (χ0v) is 12.2. The Labute approximate surface area is 116 Å². The number of benzene rings is 1. The topological polar surface area (TPSA) is 15.3 Å². The van der Waals surface area contributed by atoms with Crippen molar-refractivity contribution in [1.29, 1.82) is 0 Å². The summed E-state index contributed by atoms with van der Waals surface area (Å²) in [5, 5.41) is 3.60. The van der Waals surface area contributed by atoms with Gasteiger partial charge in [-0.3, -0.25) is 0 Å². The van der Waals surface area contributed by atoms with Gasteiger partial charge in [-0.05, 0) is 43.5 Å². The van der Waals surface area contributed by atoms with Gasteiger partial charge in [0.05, 0.1) is 5.69 Å². The highest BCUT2D eigenvalue weighted by Gasteiger charge is 2.23. The minimum Gasteiger partial charge on any atom is -0.368 e.